The minimum absolute atomic E-state index is 0.0282. The van der Waals surface area contributed by atoms with Gasteiger partial charge in [-0.3, -0.25) is 9.59 Å². The van der Waals surface area contributed by atoms with Crippen LogP contribution < -0.4 is 14.8 Å². The number of hydrogen-bond donors (Lipinski definition) is 1. The van der Waals surface area contributed by atoms with E-state index in [0.717, 1.165) is 11.3 Å². The van der Waals surface area contributed by atoms with E-state index in [1.54, 1.807) is 24.3 Å². The highest BCUT2D eigenvalue weighted by Gasteiger charge is 2.29. The van der Waals surface area contributed by atoms with E-state index in [9.17, 15) is 9.59 Å². The van der Waals surface area contributed by atoms with Crippen molar-refractivity contribution in [3.05, 3.63) is 45.9 Å². The molecule has 0 unspecified atom stereocenters. The molecule has 152 valence electrons. The van der Waals surface area contributed by atoms with E-state index in [0.29, 0.717) is 46.0 Å². The average Bonchev–Trinajstić information content (AvgIpc) is 2.93. The molecule has 0 aliphatic carbocycles. The largest absolute Gasteiger partial charge is 0.489 e. The smallest absolute Gasteiger partial charge is 0.307 e. The minimum Gasteiger partial charge on any atom is -0.489 e. The van der Waals surface area contributed by atoms with Crippen molar-refractivity contribution in [3.63, 3.8) is 0 Å². The number of esters is 1. The lowest BCUT2D eigenvalue weighted by molar-refractivity contribution is -0.145. The van der Waals surface area contributed by atoms with E-state index in [1.165, 1.54) is 11.8 Å². The molecule has 0 saturated carbocycles. The highest BCUT2D eigenvalue weighted by Crippen LogP contribution is 2.39. The summed E-state index contributed by atoms with van der Waals surface area (Å²) < 4.78 is 16.6. The summed E-state index contributed by atoms with van der Waals surface area (Å²) in [7, 11) is 0. The average molecular weight is 454 g/mol. The summed E-state index contributed by atoms with van der Waals surface area (Å²) in [5.74, 6) is 0.324. The Balaban J connectivity index is 1.37. The Labute approximate surface area is 181 Å². The van der Waals surface area contributed by atoms with Gasteiger partial charge in [-0.25, -0.2) is 0 Å². The Kier molecular flexibility index (Phi) is 6.08. The van der Waals surface area contributed by atoms with E-state index in [4.69, 9.17) is 37.4 Å². The van der Waals surface area contributed by atoms with Crippen molar-refractivity contribution in [2.24, 2.45) is 0 Å². The van der Waals surface area contributed by atoms with Crippen molar-refractivity contribution in [1.29, 1.82) is 0 Å². The number of carbonyl (C=O) groups excluding carboxylic acids is 2. The topological polar surface area (TPSA) is 73.9 Å². The van der Waals surface area contributed by atoms with Crippen LogP contribution in [0.25, 0.3) is 0 Å². The molecule has 29 heavy (non-hydrogen) atoms. The SMILES string of the molecule is O=C(C[C@@H]1Sc2ccc(Cl)cc2NC1=O)OCc1cc(Cl)c2c(c1)OCCCO2. The van der Waals surface area contributed by atoms with Crippen LogP contribution in [0, 0.1) is 0 Å². The molecule has 2 aromatic carbocycles. The molecule has 0 fully saturated rings. The van der Waals surface area contributed by atoms with Crippen molar-refractivity contribution in [3.8, 4) is 11.5 Å². The van der Waals surface area contributed by atoms with Gasteiger partial charge in [-0.15, -0.1) is 11.8 Å². The number of anilines is 1. The van der Waals surface area contributed by atoms with Crippen LogP contribution in [0.3, 0.4) is 0 Å². The predicted octanol–water partition coefficient (Wildman–Crippen LogP) is 4.70. The zero-order valence-corrected chi connectivity index (χ0v) is 17.5. The molecule has 0 bridgehead atoms. The second-order valence-corrected chi connectivity index (χ2v) is 8.64. The van der Waals surface area contributed by atoms with Gasteiger partial charge in [0.15, 0.2) is 11.5 Å². The second kappa shape index (κ2) is 8.73. The van der Waals surface area contributed by atoms with E-state index in [2.05, 4.69) is 5.32 Å². The first-order valence-corrected chi connectivity index (χ1v) is 10.6. The first kappa shape index (κ1) is 20.2. The van der Waals surface area contributed by atoms with Gasteiger partial charge in [-0.2, -0.15) is 0 Å². The number of hydrogen-bond acceptors (Lipinski definition) is 6. The summed E-state index contributed by atoms with van der Waals surface area (Å²) >= 11 is 13.5. The Morgan fingerprint density at radius 3 is 2.90 bits per heavy atom. The van der Waals surface area contributed by atoms with Crippen molar-refractivity contribution in [2.75, 3.05) is 18.5 Å². The van der Waals surface area contributed by atoms with Crippen molar-refractivity contribution >= 4 is 52.5 Å². The molecule has 4 rings (SSSR count). The van der Waals surface area contributed by atoms with Crippen LogP contribution in [0.1, 0.15) is 18.4 Å². The maximum atomic E-state index is 12.3. The Hall–Kier alpha value is -2.09. The first-order chi connectivity index (χ1) is 14.0. The zero-order valence-electron chi connectivity index (χ0n) is 15.2. The maximum Gasteiger partial charge on any atom is 0.307 e. The van der Waals surface area contributed by atoms with Gasteiger partial charge >= 0.3 is 5.97 Å². The van der Waals surface area contributed by atoms with Gasteiger partial charge in [0.2, 0.25) is 5.91 Å². The van der Waals surface area contributed by atoms with E-state index < -0.39 is 11.2 Å². The fraction of sp³-hybridized carbons (Fsp3) is 0.300. The number of carbonyl (C=O) groups is 2. The van der Waals surface area contributed by atoms with Crippen molar-refractivity contribution < 1.29 is 23.8 Å². The Bertz CT molecular complexity index is 968. The third-order valence-corrected chi connectivity index (χ3v) is 6.17. The molecule has 0 saturated heterocycles. The summed E-state index contributed by atoms with van der Waals surface area (Å²) in [4.78, 5) is 25.4. The normalized spacial score (nSPS) is 17.7. The number of rotatable bonds is 4. The summed E-state index contributed by atoms with van der Waals surface area (Å²) in [5.41, 5.74) is 1.34. The number of thioether (sulfide) groups is 1. The molecule has 0 radical (unpaired) electrons. The summed E-state index contributed by atoms with van der Waals surface area (Å²) in [6.45, 7) is 1.10. The summed E-state index contributed by atoms with van der Waals surface area (Å²) in [5, 5.41) is 3.16. The van der Waals surface area contributed by atoms with E-state index in [1.807, 2.05) is 6.07 Å². The molecule has 0 aromatic heterocycles. The minimum atomic E-state index is -0.566. The maximum absolute atomic E-state index is 12.3. The monoisotopic (exact) mass is 453 g/mol. The number of amides is 1. The molecule has 9 heteroatoms. The van der Waals surface area contributed by atoms with Gasteiger partial charge in [0.1, 0.15) is 6.61 Å². The number of nitrogens with one attached hydrogen (secondary N) is 1. The van der Waals surface area contributed by atoms with Gasteiger partial charge in [0.05, 0.1) is 35.6 Å². The molecule has 1 atom stereocenters. The summed E-state index contributed by atoms with van der Waals surface area (Å²) in [6.07, 6.45) is 0.725. The number of benzene rings is 2. The zero-order chi connectivity index (χ0) is 20.4. The molecule has 2 aliphatic heterocycles. The Morgan fingerprint density at radius 1 is 1.21 bits per heavy atom. The van der Waals surface area contributed by atoms with Crippen LogP contribution in [-0.2, 0) is 20.9 Å². The van der Waals surface area contributed by atoms with Crippen LogP contribution in [-0.4, -0.2) is 30.3 Å². The summed E-state index contributed by atoms with van der Waals surface area (Å²) in [6, 6.07) is 8.68. The third kappa shape index (κ3) is 4.74. The van der Waals surface area contributed by atoms with Gasteiger partial charge in [0, 0.05) is 16.3 Å². The van der Waals surface area contributed by atoms with E-state index in [-0.39, 0.29) is 18.9 Å². The van der Waals surface area contributed by atoms with Crippen LogP contribution in [0.2, 0.25) is 10.0 Å². The van der Waals surface area contributed by atoms with Crippen LogP contribution >= 0.6 is 35.0 Å². The van der Waals surface area contributed by atoms with Gasteiger partial charge in [-0.05, 0) is 35.9 Å². The molecular formula is C20H17Cl2NO5S. The molecule has 2 heterocycles. The van der Waals surface area contributed by atoms with Crippen LogP contribution in [0.5, 0.6) is 11.5 Å². The fourth-order valence-electron chi connectivity index (χ4n) is 3.00. The lowest BCUT2D eigenvalue weighted by Gasteiger charge is -2.23. The highest BCUT2D eigenvalue weighted by molar-refractivity contribution is 8.01. The van der Waals surface area contributed by atoms with Gasteiger partial charge in [-0.1, -0.05) is 23.2 Å². The second-order valence-electron chi connectivity index (χ2n) is 6.56. The van der Waals surface area contributed by atoms with Gasteiger partial charge < -0.3 is 19.5 Å². The van der Waals surface area contributed by atoms with Crippen LogP contribution in [0.4, 0.5) is 5.69 Å². The molecule has 0 spiro atoms. The molecule has 6 nitrogen and oxygen atoms in total. The lowest BCUT2D eigenvalue weighted by atomic mass is 10.2. The fourth-order valence-corrected chi connectivity index (χ4v) is 4.53. The van der Waals surface area contributed by atoms with Crippen LogP contribution in [0.15, 0.2) is 35.2 Å². The quantitative estimate of drug-likeness (QED) is 0.676. The highest BCUT2D eigenvalue weighted by atomic mass is 35.5. The molecular weight excluding hydrogens is 437 g/mol. The standard InChI is InChI=1S/C20H17Cl2NO5S/c21-12-2-3-16-14(8-12)23-20(25)17(29-16)9-18(24)28-10-11-6-13(22)19-15(7-11)26-4-1-5-27-19/h2-3,6-8,17H,1,4-5,9-10H2,(H,23,25)/t17-/m0/s1. The van der Waals surface area contributed by atoms with Crippen molar-refractivity contribution in [2.45, 2.75) is 29.6 Å². The molecule has 1 amide bonds. The molecule has 2 aliphatic rings. The lowest BCUT2D eigenvalue weighted by Crippen LogP contribution is -2.31. The predicted molar refractivity (Wildman–Crippen MR) is 111 cm³/mol. The van der Waals surface area contributed by atoms with E-state index >= 15 is 0 Å². The third-order valence-electron chi connectivity index (χ3n) is 4.37. The molecule has 2 aromatic rings. The first-order valence-electron chi connectivity index (χ1n) is 9.00. The number of ether oxygens (including phenoxy) is 3. The van der Waals surface area contributed by atoms with Gasteiger partial charge in [0.25, 0.3) is 0 Å². The molecule has 1 N–H and O–H groups in total. The Morgan fingerprint density at radius 2 is 2.03 bits per heavy atom. The number of fused-ring (bicyclic) bond motifs is 2. The van der Waals surface area contributed by atoms with Crippen molar-refractivity contribution in [1.82, 2.24) is 0 Å². The number of halogens is 2.